The van der Waals surface area contributed by atoms with Crippen molar-refractivity contribution in [1.82, 2.24) is 10.3 Å². The van der Waals surface area contributed by atoms with Gasteiger partial charge in [-0.05, 0) is 24.3 Å². The normalized spacial score (nSPS) is 21.4. The van der Waals surface area contributed by atoms with Gasteiger partial charge >= 0.3 is 0 Å². The van der Waals surface area contributed by atoms with Crippen molar-refractivity contribution in [2.45, 2.75) is 22.7 Å². The Hall–Kier alpha value is -2.17. The van der Waals surface area contributed by atoms with E-state index in [0.717, 1.165) is 0 Å². The number of sulfone groups is 2. The van der Waals surface area contributed by atoms with Crippen molar-refractivity contribution in [3.63, 3.8) is 0 Å². The van der Waals surface area contributed by atoms with Gasteiger partial charge in [0.1, 0.15) is 0 Å². The molecule has 1 aliphatic rings. The van der Waals surface area contributed by atoms with Gasteiger partial charge in [-0.2, -0.15) is 0 Å². The molecular weight excluding hydrogens is 404 g/mol. The fourth-order valence-electron chi connectivity index (χ4n) is 3.22. The number of hydrogen-bond donors (Lipinski definition) is 1. The molecule has 0 amide bonds. The van der Waals surface area contributed by atoms with Crippen LogP contribution in [0, 0.1) is 0 Å². The molecule has 1 aromatic carbocycles. The number of pyridine rings is 1. The second kappa shape index (κ2) is 8.06. The van der Waals surface area contributed by atoms with E-state index in [2.05, 4.69) is 10.3 Å². The van der Waals surface area contributed by atoms with Crippen molar-refractivity contribution in [3.05, 3.63) is 48.3 Å². The summed E-state index contributed by atoms with van der Waals surface area (Å²) < 4.78 is 61.1. The molecule has 2 aromatic rings. The molecule has 10 heteroatoms. The van der Waals surface area contributed by atoms with Crippen LogP contribution < -0.4 is 14.8 Å². The third-order valence-electron chi connectivity index (χ3n) is 4.65. The summed E-state index contributed by atoms with van der Waals surface area (Å²) in [5, 5.41) is 1.96. The summed E-state index contributed by atoms with van der Waals surface area (Å²) in [7, 11) is -4.55. The van der Waals surface area contributed by atoms with Crippen molar-refractivity contribution in [3.8, 4) is 11.5 Å². The first-order chi connectivity index (χ1) is 13.3. The minimum Gasteiger partial charge on any atom is -0.493 e. The fourth-order valence-corrected chi connectivity index (χ4v) is 7.95. The van der Waals surface area contributed by atoms with E-state index < -0.39 is 36.7 Å². The van der Waals surface area contributed by atoms with E-state index in [4.69, 9.17) is 9.47 Å². The van der Waals surface area contributed by atoms with Crippen LogP contribution in [0.2, 0.25) is 0 Å². The van der Waals surface area contributed by atoms with E-state index in [1.165, 1.54) is 32.4 Å². The molecule has 0 saturated carbocycles. The number of methoxy groups -OCH3 is 2. The molecule has 8 nitrogen and oxygen atoms in total. The van der Waals surface area contributed by atoms with Gasteiger partial charge in [0.05, 0.1) is 41.6 Å². The summed E-state index contributed by atoms with van der Waals surface area (Å²) in [6, 6.07) is 8.89. The first-order valence-corrected chi connectivity index (χ1v) is 11.9. The average Bonchev–Trinajstić information content (AvgIpc) is 3.02. The van der Waals surface area contributed by atoms with E-state index in [-0.39, 0.29) is 22.9 Å². The second-order valence-corrected chi connectivity index (χ2v) is 10.8. The molecule has 1 aromatic heterocycles. The van der Waals surface area contributed by atoms with Crippen molar-refractivity contribution >= 4 is 19.7 Å². The summed E-state index contributed by atoms with van der Waals surface area (Å²) in [6.07, 6.45) is 1.63. The maximum absolute atomic E-state index is 13.2. The number of ether oxygens (including phenoxy) is 2. The largest absolute Gasteiger partial charge is 0.493 e. The van der Waals surface area contributed by atoms with E-state index in [0.29, 0.717) is 11.4 Å². The first kappa shape index (κ1) is 20.6. The Kier molecular flexibility index (Phi) is 5.92. The summed E-state index contributed by atoms with van der Waals surface area (Å²) in [5.74, 6) is -0.00614. The van der Waals surface area contributed by atoms with E-state index in [9.17, 15) is 16.8 Å². The number of benzene rings is 1. The van der Waals surface area contributed by atoms with Gasteiger partial charge in [-0.25, -0.2) is 16.8 Å². The lowest BCUT2D eigenvalue weighted by Crippen LogP contribution is -2.43. The van der Waals surface area contributed by atoms with Crippen LogP contribution in [0.1, 0.15) is 5.69 Å². The van der Waals surface area contributed by atoms with Crippen LogP contribution in [0.5, 0.6) is 11.5 Å². The Morgan fingerprint density at radius 2 is 1.86 bits per heavy atom. The number of hydrogen-bond acceptors (Lipinski definition) is 8. The molecule has 0 bridgehead atoms. The van der Waals surface area contributed by atoms with Gasteiger partial charge in [0.25, 0.3) is 0 Å². The van der Waals surface area contributed by atoms with Crippen molar-refractivity contribution in [2.75, 3.05) is 25.7 Å². The first-order valence-electron chi connectivity index (χ1n) is 8.56. The highest BCUT2D eigenvalue weighted by molar-refractivity contribution is 7.96. The van der Waals surface area contributed by atoms with Crippen LogP contribution in [-0.4, -0.2) is 58.8 Å². The van der Waals surface area contributed by atoms with E-state index >= 15 is 0 Å². The highest BCUT2D eigenvalue weighted by Gasteiger charge is 2.45. The van der Waals surface area contributed by atoms with Gasteiger partial charge in [0.15, 0.2) is 31.2 Å². The van der Waals surface area contributed by atoms with Crippen LogP contribution in [0.4, 0.5) is 0 Å². The second-order valence-electron chi connectivity index (χ2n) is 6.49. The zero-order valence-electron chi connectivity index (χ0n) is 15.5. The molecule has 152 valence electrons. The quantitative estimate of drug-likeness (QED) is 0.693. The van der Waals surface area contributed by atoms with Crippen molar-refractivity contribution in [1.29, 1.82) is 0 Å². The molecule has 28 heavy (non-hydrogen) atoms. The topological polar surface area (TPSA) is 112 Å². The van der Waals surface area contributed by atoms with Crippen LogP contribution in [0.25, 0.3) is 0 Å². The molecular formula is C18H22N2O6S2. The van der Waals surface area contributed by atoms with Crippen molar-refractivity contribution in [2.24, 2.45) is 0 Å². The molecule has 0 spiro atoms. The molecule has 0 radical (unpaired) electrons. The lowest BCUT2D eigenvalue weighted by atomic mass is 10.2. The molecule has 3 rings (SSSR count). The average molecular weight is 427 g/mol. The van der Waals surface area contributed by atoms with Gasteiger partial charge in [0, 0.05) is 24.8 Å². The summed E-state index contributed by atoms with van der Waals surface area (Å²) in [6.45, 7) is 0.277. The number of nitrogens with one attached hydrogen (secondary N) is 1. The van der Waals surface area contributed by atoms with E-state index in [1.807, 2.05) is 6.07 Å². The van der Waals surface area contributed by atoms with Gasteiger partial charge < -0.3 is 14.8 Å². The lowest BCUT2D eigenvalue weighted by Gasteiger charge is -2.20. The minimum absolute atomic E-state index is 0.00288. The Morgan fingerprint density at radius 3 is 2.50 bits per heavy atom. The highest BCUT2D eigenvalue weighted by atomic mass is 32.2. The summed E-state index contributed by atoms with van der Waals surface area (Å²) in [4.78, 5) is 4.17. The Morgan fingerprint density at radius 1 is 1.11 bits per heavy atom. The molecule has 2 atom stereocenters. The smallest absolute Gasteiger partial charge is 0.183 e. The third kappa shape index (κ3) is 4.29. The van der Waals surface area contributed by atoms with Crippen LogP contribution in [0.3, 0.4) is 0 Å². The SMILES string of the molecule is COc1ccc(S(=O)(=O)[C@H]2CS(=O)(=O)C[C@@H]2NCc2ccccn2)cc1OC. The van der Waals surface area contributed by atoms with Gasteiger partial charge in [-0.15, -0.1) is 0 Å². The van der Waals surface area contributed by atoms with Gasteiger partial charge in [0.2, 0.25) is 0 Å². The molecule has 1 aliphatic heterocycles. The predicted molar refractivity (Wildman–Crippen MR) is 104 cm³/mol. The van der Waals surface area contributed by atoms with Crippen LogP contribution in [0.15, 0.2) is 47.5 Å². The lowest BCUT2D eigenvalue weighted by molar-refractivity contribution is 0.354. The molecule has 0 aliphatic carbocycles. The maximum Gasteiger partial charge on any atom is 0.183 e. The van der Waals surface area contributed by atoms with E-state index in [1.54, 1.807) is 18.3 Å². The Balaban J connectivity index is 1.89. The van der Waals surface area contributed by atoms with Crippen LogP contribution >= 0.6 is 0 Å². The standard InChI is InChI=1S/C18H22N2O6S2/c1-25-16-7-6-14(9-17(16)26-2)28(23,24)18-12-27(21,22)11-15(18)20-10-13-5-3-4-8-19-13/h3-9,15,18,20H,10-12H2,1-2H3/t15-,18-/m0/s1. The maximum atomic E-state index is 13.2. The molecule has 1 saturated heterocycles. The molecule has 1 N–H and O–H groups in total. The molecule has 1 fully saturated rings. The number of aromatic nitrogens is 1. The zero-order chi connectivity index (χ0) is 20.4. The van der Waals surface area contributed by atoms with Gasteiger partial charge in [-0.3, -0.25) is 4.98 Å². The number of nitrogens with zero attached hydrogens (tertiary/aromatic N) is 1. The molecule has 2 heterocycles. The number of rotatable bonds is 7. The van der Waals surface area contributed by atoms with Crippen molar-refractivity contribution < 1.29 is 26.3 Å². The highest BCUT2D eigenvalue weighted by Crippen LogP contribution is 2.33. The minimum atomic E-state index is -3.92. The third-order valence-corrected chi connectivity index (χ3v) is 8.80. The summed E-state index contributed by atoms with van der Waals surface area (Å²) in [5.41, 5.74) is 0.703. The Bertz CT molecular complexity index is 1040. The molecule has 0 unspecified atom stereocenters. The summed E-state index contributed by atoms with van der Waals surface area (Å²) >= 11 is 0. The monoisotopic (exact) mass is 426 g/mol. The fraction of sp³-hybridized carbons (Fsp3) is 0.389. The van der Waals surface area contributed by atoms with Gasteiger partial charge in [-0.1, -0.05) is 6.07 Å². The Labute approximate surface area is 164 Å². The predicted octanol–water partition coefficient (Wildman–Crippen LogP) is 0.828. The zero-order valence-corrected chi connectivity index (χ0v) is 17.2. The van der Waals surface area contributed by atoms with Crippen LogP contribution in [-0.2, 0) is 26.2 Å².